The van der Waals surface area contributed by atoms with Crippen molar-refractivity contribution in [3.05, 3.63) is 77.4 Å². The molecule has 5 rings (SSSR count). The molecule has 0 radical (unpaired) electrons. The summed E-state index contributed by atoms with van der Waals surface area (Å²) in [4.78, 5) is 14.0. The molecular formula is C37H50O7Si. The summed E-state index contributed by atoms with van der Waals surface area (Å²) in [7, 11) is -0.595. The number of esters is 1. The first-order chi connectivity index (χ1) is 21.5. The third-order valence-corrected chi connectivity index (χ3v) is 13.9. The molecule has 0 N–H and O–H groups in total. The van der Waals surface area contributed by atoms with Crippen LogP contribution in [0.1, 0.15) is 87.2 Å². The van der Waals surface area contributed by atoms with Gasteiger partial charge in [-0.3, -0.25) is 0 Å². The highest BCUT2D eigenvalue weighted by atomic mass is 28.4. The molecule has 0 unspecified atom stereocenters. The maximum atomic E-state index is 14.0. The fourth-order valence-corrected chi connectivity index (χ4v) is 6.85. The molecule has 3 aliphatic rings. The van der Waals surface area contributed by atoms with Gasteiger partial charge in [-0.2, -0.15) is 0 Å². The molecule has 244 valence electrons. The second kappa shape index (κ2) is 14.2. The van der Waals surface area contributed by atoms with E-state index in [2.05, 4.69) is 46.0 Å². The molecule has 8 heteroatoms. The lowest BCUT2D eigenvalue weighted by molar-refractivity contribution is -0.187. The van der Waals surface area contributed by atoms with Gasteiger partial charge in [0.15, 0.2) is 5.79 Å². The van der Waals surface area contributed by atoms with Gasteiger partial charge in [0, 0.05) is 25.7 Å². The summed E-state index contributed by atoms with van der Waals surface area (Å²) < 4.78 is 37.5. The molecule has 1 spiro atoms. The number of methoxy groups -OCH3 is 1. The topological polar surface area (TPSA) is 72.5 Å². The molecule has 1 saturated carbocycles. The molecule has 2 heterocycles. The third-order valence-electron chi connectivity index (χ3n) is 9.55. The number of hydrogen-bond donors (Lipinski definition) is 0. The molecule has 2 aromatic rings. The quantitative estimate of drug-likeness (QED) is 0.125. The molecule has 0 aromatic heterocycles. The van der Waals surface area contributed by atoms with Gasteiger partial charge in [-0.15, -0.1) is 0 Å². The first-order valence-corrected chi connectivity index (χ1v) is 19.3. The number of carbonyl (C=O) groups excluding carboxylic acids is 1. The Morgan fingerprint density at radius 3 is 2.36 bits per heavy atom. The Morgan fingerprint density at radius 2 is 1.67 bits per heavy atom. The van der Waals surface area contributed by atoms with E-state index in [1.165, 1.54) is 6.42 Å². The van der Waals surface area contributed by atoms with Crippen LogP contribution in [0.3, 0.4) is 0 Å². The second-order valence-corrected chi connectivity index (χ2v) is 18.7. The van der Waals surface area contributed by atoms with Gasteiger partial charge in [0.05, 0.1) is 20.3 Å². The maximum absolute atomic E-state index is 14.0. The average molecular weight is 635 g/mol. The van der Waals surface area contributed by atoms with Crippen molar-refractivity contribution in [1.29, 1.82) is 0 Å². The summed E-state index contributed by atoms with van der Waals surface area (Å²) in [5.41, 5.74) is 2.26. The second-order valence-electron chi connectivity index (χ2n) is 14.0. The lowest BCUT2D eigenvalue weighted by atomic mass is 9.94. The SMILES string of the molecule is COc1ccc(COCC[C@H]2C/C=C/[C@@H]3OC4(CCCCC4)O[C@H]3/C=C/c3cccc(O[Si](C)(C)C(C)(C)C)c3C(=O)O2)cc1. The number of cyclic esters (lactones) is 1. The van der Waals surface area contributed by atoms with Crippen LogP contribution < -0.4 is 9.16 Å². The lowest BCUT2D eigenvalue weighted by Crippen LogP contribution is -2.44. The zero-order chi connectivity index (χ0) is 32.1. The highest BCUT2D eigenvalue weighted by molar-refractivity contribution is 6.74. The zero-order valence-corrected chi connectivity index (χ0v) is 28.8. The van der Waals surface area contributed by atoms with Crippen molar-refractivity contribution < 1.29 is 32.9 Å². The minimum atomic E-state index is -2.25. The van der Waals surface area contributed by atoms with Crippen molar-refractivity contribution in [2.45, 2.75) is 115 Å². The number of rotatable bonds is 8. The van der Waals surface area contributed by atoms with Crippen LogP contribution in [0.25, 0.3) is 6.08 Å². The van der Waals surface area contributed by atoms with Crippen LogP contribution in [0.5, 0.6) is 11.5 Å². The van der Waals surface area contributed by atoms with E-state index in [4.69, 9.17) is 28.1 Å². The lowest BCUT2D eigenvalue weighted by Gasteiger charge is -2.37. The maximum Gasteiger partial charge on any atom is 0.342 e. The van der Waals surface area contributed by atoms with E-state index in [9.17, 15) is 4.79 Å². The molecule has 2 aromatic carbocycles. The molecular weight excluding hydrogens is 584 g/mol. The molecule has 0 bridgehead atoms. The van der Waals surface area contributed by atoms with Gasteiger partial charge in [0.25, 0.3) is 8.32 Å². The van der Waals surface area contributed by atoms with Crippen molar-refractivity contribution >= 4 is 20.4 Å². The minimum Gasteiger partial charge on any atom is -0.543 e. The predicted molar refractivity (Wildman–Crippen MR) is 179 cm³/mol. The summed E-state index contributed by atoms with van der Waals surface area (Å²) in [6.45, 7) is 11.9. The standard InChI is InChI=1S/C37H50O7Si/c1-36(2,3)45(5,6)44-33-15-10-12-28-18-21-32-31(42-37(43-32)23-8-7-9-24-37)14-11-13-30(41-35(38)34(28)33)22-25-40-26-27-16-19-29(39-4)20-17-27/h10-12,14-21,30-32H,7-9,13,22-26H2,1-6H3/b14-11+,21-18+/t30-,31+,32+/m1/s1. The smallest absolute Gasteiger partial charge is 0.342 e. The number of fused-ring (bicyclic) bond motifs is 2. The summed E-state index contributed by atoms with van der Waals surface area (Å²) >= 11 is 0. The van der Waals surface area contributed by atoms with Gasteiger partial charge < -0.3 is 28.1 Å². The molecule has 0 amide bonds. The fourth-order valence-electron chi connectivity index (χ4n) is 5.82. The largest absolute Gasteiger partial charge is 0.543 e. The third kappa shape index (κ3) is 8.28. The van der Waals surface area contributed by atoms with Crippen molar-refractivity contribution in [3.63, 3.8) is 0 Å². The van der Waals surface area contributed by atoms with Gasteiger partial charge in [-0.1, -0.05) is 75.8 Å². The van der Waals surface area contributed by atoms with E-state index in [0.29, 0.717) is 37.4 Å². The molecule has 1 saturated heterocycles. The average Bonchev–Trinajstić information content (AvgIpc) is 3.33. The van der Waals surface area contributed by atoms with Crippen LogP contribution in [-0.2, 0) is 25.6 Å². The van der Waals surface area contributed by atoms with Gasteiger partial charge in [0.1, 0.15) is 35.4 Å². The molecule has 1 aliphatic carbocycles. The van der Waals surface area contributed by atoms with Gasteiger partial charge >= 0.3 is 5.97 Å². The Kier molecular flexibility index (Phi) is 10.6. The minimum absolute atomic E-state index is 0.0357. The Hall–Kier alpha value is -2.91. The van der Waals surface area contributed by atoms with Crippen molar-refractivity contribution in [2.24, 2.45) is 0 Å². The Bertz CT molecular complexity index is 1350. The van der Waals surface area contributed by atoms with Crippen molar-refractivity contribution in [1.82, 2.24) is 0 Å². The molecule has 3 atom stereocenters. The van der Waals surface area contributed by atoms with E-state index in [1.807, 2.05) is 54.6 Å². The summed E-state index contributed by atoms with van der Waals surface area (Å²) in [6.07, 6.45) is 13.6. The van der Waals surface area contributed by atoms with Gasteiger partial charge in [-0.25, -0.2) is 4.79 Å². The highest BCUT2D eigenvalue weighted by Crippen LogP contribution is 2.42. The van der Waals surface area contributed by atoms with Gasteiger partial charge in [-0.05, 0) is 60.3 Å². The van der Waals surface area contributed by atoms with Crippen LogP contribution in [0, 0.1) is 0 Å². The predicted octanol–water partition coefficient (Wildman–Crippen LogP) is 8.63. The summed E-state index contributed by atoms with van der Waals surface area (Å²) in [5, 5.41) is -0.0357. The zero-order valence-electron chi connectivity index (χ0n) is 27.8. The molecule has 2 aliphatic heterocycles. The van der Waals surface area contributed by atoms with E-state index >= 15 is 0 Å². The monoisotopic (exact) mass is 634 g/mol. The first kappa shape index (κ1) is 33.5. The van der Waals surface area contributed by atoms with Crippen LogP contribution in [-0.4, -0.2) is 52.1 Å². The number of benzene rings is 2. The fraction of sp³-hybridized carbons (Fsp3) is 0.541. The number of ether oxygens (including phenoxy) is 5. The number of carbonyl (C=O) groups is 1. The van der Waals surface area contributed by atoms with E-state index < -0.39 is 14.1 Å². The van der Waals surface area contributed by atoms with Crippen molar-refractivity contribution in [3.8, 4) is 11.5 Å². The van der Waals surface area contributed by atoms with E-state index in [1.54, 1.807) is 7.11 Å². The van der Waals surface area contributed by atoms with Crippen LogP contribution in [0.15, 0.2) is 60.7 Å². The summed E-state index contributed by atoms with van der Waals surface area (Å²) in [6, 6.07) is 13.6. The van der Waals surface area contributed by atoms with Crippen LogP contribution in [0.2, 0.25) is 18.1 Å². The van der Waals surface area contributed by atoms with Crippen LogP contribution in [0.4, 0.5) is 0 Å². The first-order valence-electron chi connectivity index (χ1n) is 16.4. The molecule has 7 nitrogen and oxygen atoms in total. The number of hydrogen-bond acceptors (Lipinski definition) is 7. The summed E-state index contributed by atoms with van der Waals surface area (Å²) in [5.74, 6) is 0.451. The van der Waals surface area contributed by atoms with Crippen molar-refractivity contribution in [2.75, 3.05) is 13.7 Å². The Morgan fingerprint density at radius 1 is 0.956 bits per heavy atom. The molecule has 45 heavy (non-hydrogen) atoms. The van der Waals surface area contributed by atoms with E-state index in [-0.39, 0.29) is 29.3 Å². The van der Waals surface area contributed by atoms with E-state index in [0.717, 1.165) is 42.6 Å². The Balaban J connectivity index is 1.40. The molecule has 2 fully saturated rings. The normalized spacial score (nSPS) is 24.8. The Labute approximate surface area is 270 Å². The van der Waals surface area contributed by atoms with Gasteiger partial charge in [0.2, 0.25) is 0 Å². The highest BCUT2D eigenvalue weighted by Gasteiger charge is 2.46. The van der Waals surface area contributed by atoms with Crippen LogP contribution >= 0.6 is 0 Å².